The Morgan fingerprint density at radius 3 is 2.85 bits per heavy atom. The second kappa shape index (κ2) is 6.20. The highest BCUT2D eigenvalue weighted by molar-refractivity contribution is 5.79. The number of carbonyl (C=O) groups excluding carboxylic acids is 1. The first-order valence-corrected chi connectivity index (χ1v) is 7.66. The van der Waals surface area contributed by atoms with Gasteiger partial charge in [0.05, 0.1) is 5.92 Å². The number of carbonyl (C=O) groups is 1. The average molecular weight is 274 g/mol. The van der Waals surface area contributed by atoms with Gasteiger partial charge in [-0.2, -0.15) is 5.10 Å². The molecule has 1 aromatic rings. The summed E-state index contributed by atoms with van der Waals surface area (Å²) in [5.41, 5.74) is 0. The number of nitrogens with one attached hydrogen (secondary N) is 1. The lowest BCUT2D eigenvalue weighted by molar-refractivity contribution is -0.125. The van der Waals surface area contributed by atoms with E-state index in [1.807, 2.05) is 12.1 Å². The normalized spacial score (nSPS) is 23.8. The van der Waals surface area contributed by atoms with Crippen molar-refractivity contribution < 1.29 is 4.79 Å². The molecule has 3 rings (SSSR count). The maximum Gasteiger partial charge on any atom is 0.225 e. The quantitative estimate of drug-likeness (QED) is 0.912. The van der Waals surface area contributed by atoms with Gasteiger partial charge in [0.2, 0.25) is 5.91 Å². The van der Waals surface area contributed by atoms with Crippen LogP contribution in [0.3, 0.4) is 0 Å². The zero-order valence-electron chi connectivity index (χ0n) is 11.8. The molecule has 0 aromatic carbocycles. The van der Waals surface area contributed by atoms with Crippen LogP contribution in [0.2, 0.25) is 0 Å². The molecule has 0 unspecified atom stereocenters. The lowest BCUT2D eigenvalue weighted by atomic mass is 9.96. The zero-order chi connectivity index (χ0) is 13.8. The molecule has 1 amide bonds. The van der Waals surface area contributed by atoms with Crippen LogP contribution in [0, 0.1) is 5.92 Å². The van der Waals surface area contributed by atoms with E-state index < -0.39 is 0 Å². The first-order chi connectivity index (χ1) is 9.83. The van der Waals surface area contributed by atoms with E-state index in [4.69, 9.17) is 0 Å². The molecule has 0 spiro atoms. The SMILES string of the molecule is O=C(NC1CCCC1)[C@@H]1CCCN(c2cccnn2)C1. The van der Waals surface area contributed by atoms with E-state index in [0.717, 1.165) is 44.6 Å². The lowest BCUT2D eigenvalue weighted by Gasteiger charge is -2.33. The Kier molecular flexibility index (Phi) is 4.14. The number of rotatable bonds is 3. The maximum absolute atomic E-state index is 12.4. The van der Waals surface area contributed by atoms with E-state index in [-0.39, 0.29) is 11.8 Å². The predicted molar refractivity (Wildman–Crippen MR) is 77.4 cm³/mol. The summed E-state index contributed by atoms with van der Waals surface area (Å²) in [6.07, 6.45) is 8.49. The van der Waals surface area contributed by atoms with Crippen molar-refractivity contribution in [3.63, 3.8) is 0 Å². The van der Waals surface area contributed by atoms with Crippen molar-refractivity contribution in [1.29, 1.82) is 0 Å². The number of piperidine rings is 1. The van der Waals surface area contributed by atoms with Crippen molar-refractivity contribution in [2.75, 3.05) is 18.0 Å². The molecule has 1 atom stereocenters. The molecule has 1 N–H and O–H groups in total. The lowest BCUT2D eigenvalue weighted by Crippen LogP contribution is -2.45. The van der Waals surface area contributed by atoms with Crippen LogP contribution >= 0.6 is 0 Å². The van der Waals surface area contributed by atoms with Crippen molar-refractivity contribution in [3.05, 3.63) is 18.3 Å². The maximum atomic E-state index is 12.4. The van der Waals surface area contributed by atoms with Gasteiger partial charge in [0.25, 0.3) is 0 Å². The molecule has 2 heterocycles. The van der Waals surface area contributed by atoms with Gasteiger partial charge in [0.1, 0.15) is 0 Å². The first kappa shape index (κ1) is 13.3. The number of anilines is 1. The standard InChI is InChI=1S/C15H22N4O/c20-15(17-13-6-1-2-7-13)12-5-4-10-19(11-12)14-8-3-9-16-18-14/h3,8-9,12-13H,1-2,4-7,10-11H2,(H,17,20)/t12-/m1/s1. The van der Waals surface area contributed by atoms with Crippen LogP contribution in [-0.2, 0) is 4.79 Å². The highest BCUT2D eigenvalue weighted by atomic mass is 16.2. The van der Waals surface area contributed by atoms with Crippen LogP contribution in [0.15, 0.2) is 18.3 Å². The van der Waals surface area contributed by atoms with Gasteiger partial charge in [-0.25, -0.2) is 0 Å². The van der Waals surface area contributed by atoms with Gasteiger partial charge in [-0.3, -0.25) is 4.79 Å². The molecule has 0 bridgehead atoms. The summed E-state index contributed by atoms with van der Waals surface area (Å²) < 4.78 is 0. The van der Waals surface area contributed by atoms with Crippen LogP contribution in [0.1, 0.15) is 38.5 Å². The summed E-state index contributed by atoms with van der Waals surface area (Å²) in [5.74, 6) is 1.20. The summed E-state index contributed by atoms with van der Waals surface area (Å²) in [4.78, 5) is 14.5. The molecule has 1 aliphatic heterocycles. The summed E-state index contributed by atoms with van der Waals surface area (Å²) >= 11 is 0. The van der Waals surface area contributed by atoms with Crippen molar-refractivity contribution in [2.45, 2.75) is 44.6 Å². The van der Waals surface area contributed by atoms with Crippen molar-refractivity contribution in [2.24, 2.45) is 5.92 Å². The van der Waals surface area contributed by atoms with Gasteiger partial charge < -0.3 is 10.2 Å². The molecule has 1 saturated carbocycles. The Morgan fingerprint density at radius 2 is 2.10 bits per heavy atom. The molecule has 2 aliphatic rings. The minimum Gasteiger partial charge on any atom is -0.354 e. The number of nitrogens with zero attached hydrogens (tertiary/aromatic N) is 3. The summed E-state index contributed by atoms with van der Waals surface area (Å²) in [6.45, 7) is 1.73. The molecule has 2 fully saturated rings. The average Bonchev–Trinajstić information content (AvgIpc) is 3.01. The Bertz CT molecular complexity index is 444. The Balaban J connectivity index is 1.58. The second-order valence-corrected chi connectivity index (χ2v) is 5.86. The van der Waals surface area contributed by atoms with Gasteiger partial charge in [-0.15, -0.1) is 5.10 Å². The number of hydrogen-bond donors (Lipinski definition) is 1. The minimum absolute atomic E-state index is 0.0892. The Hall–Kier alpha value is -1.65. The van der Waals surface area contributed by atoms with E-state index in [0.29, 0.717) is 6.04 Å². The predicted octanol–water partition coefficient (Wildman–Crippen LogP) is 1.75. The largest absolute Gasteiger partial charge is 0.354 e. The van der Waals surface area contributed by atoms with Crippen molar-refractivity contribution >= 4 is 11.7 Å². The molecule has 1 aromatic heterocycles. The van der Waals surface area contributed by atoms with E-state index in [1.54, 1.807) is 6.20 Å². The van der Waals surface area contributed by atoms with Crippen LogP contribution in [-0.4, -0.2) is 35.2 Å². The summed E-state index contributed by atoms with van der Waals surface area (Å²) in [6, 6.07) is 4.27. The highest BCUT2D eigenvalue weighted by Crippen LogP contribution is 2.23. The topological polar surface area (TPSA) is 58.1 Å². The number of amides is 1. The van der Waals surface area contributed by atoms with Gasteiger partial charge in [0.15, 0.2) is 5.82 Å². The smallest absolute Gasteiger partial charge is 0.225 e. The number of aromatic nitrogens is 2. The van der Waals surface area contributed by atoms with E-state index in [1.165, 1.54) is 12.8 Å². The zero-order valence-corrected chi connectivity index (χ0v) is 11.8. The fraction of sp³-hybridized carbons (Fsp3) is 0.667. The van der Waals surface area contributed by atoms with E-state index in [9.17, 15) is 4.79 Å². The molecule has 108 valence electrons. The van der Waals surface area contributed by atoms with E-state index >= 15 is 0 Å². The molecule has 0 radical (unpaired) electrons. The molecule has 20 heavy (non-hydrogen) atoms. The third-order valence-corrected chi connectivity index (χ3v) is 4.38. The fourth-order valence-corrected chi connectivity index (χ4v) is 3.25. The van der Waals surface area contributed by atoms with Crippen LogP contribution in [0.5, 0.6) is 0 Å². The summed E-state index contributed by atoms with van der Waals surface area (Å²) in [7, 11) is 0. The molecule has 1 aliphatic carbocycles. The van der Waals surface area contributed by atoms with Crippen LogP contribution < -0.4 is 10.2 Å². The number of hydrogen-bond acceptors (Lipinski definition) is 4. The van der Waals surface area contributed by atoms with Gasteiger partial charge in [0, 0.05) is 25.3 Å². The highest BCUT2D eigenvalue weighted by Gasteiger charge is 2.28. The monoisotopic (exact) mass is 274 g/mol. The third kappa shape index (κ3) is 3.08. The third-order valence-electron chi connectivity index (χ3n) is 4.38. The van der Waals surface area contributed by atoms with Crippen LogP contribution in [0.25, 0.3) is 0 Å². The van der Waals surface area contributed by atoms with E-state index in [2.05, 4.69) is 20.4 Å². The summed E-state index contributed by atoms with van der Waals surface area (Å²) in [5, 5.41) is 11.3. The second-order valence-electron chi connectivity index (χ2n) is 5.86. The van der Waals surface area contributed by atoms with Gasteiger partial charge >= 0.3 is 0 Å². The molecule has 1 saturated heterocycles. The molecular weight excluding hydrogens is 252 g/mol. The Morgan fingerprint density at radius 1 is 1.25 bits per heavy atom. The van der Waals surface area contributed by atoms with Gasteiger partial charge in [-0.1, -0.05) is 12.8 Å². The molecule has 5 nitrogen and oxygen atoms in total. The molecule has 5 heteroatoms. The van der Waals surface area contributed by atoms with Crippen molar-refractivity contribution in [3.8, 4) is 0 Å². The minimum atomic E-state index is 0.0892. The van der Waals surface area contributed by atoms with Crippen LogP contribution in [0.4, 0.5) is 5.82 Å². The van der Waals surface area contributed by atoms with Crippen molar-refractivity contribution in [1.82, 2.24) is 15.5 Å². The Labute approximate surface area is 119 Å². The first-order valence-electron chi connectivity index (χ1n) is 7.66. The van der Waals surface area contributed by atoms with Gasteiger partial charge in [-0.05, 0) is 37.8 Å². The fourth-order valence-electron chi connectivity index (χ4n) is 3.25. The molecular formula is C15H22N4O.